The lowest BCUT2D eigenvalue weighted by Crippen LogP contribution is -2.69. The van der Waals surface area contributed by atoms with E-state index in [0.29, 0.717) is 29.6 Å². The number of piperazine rings is 1. The summed E-state index contributed by atoms with van der Waals surface area (Å²) in [6.07, 6.45) is 7.01. The summed E-state index contributed by atoms with van der Waals surface area (Å²) >= 11 is 0. The highest BCUT2D eigenvalue weighted by Crippen LogP contribution is 2.40. The molecule has 2 unspecified atom stereocenters. The van der Waals surface area contributed by atoms with E-state index in [2.05, 4.69) is 41.9 Å². The van der Waals surface area contributed by atoms with Gasteiger partial charge in [0, 0.05) is 37.0 Å². The minimum atomic E-state index is 0.386. The highest BCUT2D eigenvalue weighted by Gasteiger charge is 2.46. The van der Waals surface area contributed by atoms with Crippen molar-refractivity contribution in [3.63, 3.8) is 0 Å². The van der Waals surface area contributed by atoms with Crippen molar-refractivity contribution in [2.24, 2.45) is 0 Å². The molecule has 0 aromatic carbocycles. The zero-order valence-electron chi connectivity index (χ0n) is 13.2. The molecular weight excluding hydrogens is 302 g/mol. The molecular formula is C17H17N7. The molecule has 1 aliphatic carbocycles. The number of aromatic nitrogens is 4. The molecule has 3 saturated heterocycles. The Bertz CT molecular complexity index is 814. The fraction of sp³-hybridized carbons (Fsp3) is 0.471. The van der Waals surface area contributed by atoms with Crippen molar-refractivity contribution in [1.29, 1.82) is 5.26 Å². The number of anilines is 2. The van der Waals surface area contributed by atoms with E-state index >= 15 is 0 Å². The molecule has 24 heavy (non-hydrogen) atoms. The number of nitrogens with zero attached hydrogens (tertiary/aromatic N) is 7. The number of nitriles is 1. The number of hydrogen-bond donors (Lipinski definition) is 0. The van der Waals surface area contributed by atoms with Crippen LogP contribution in [0.1, 0.15) is 36.6 Å². The van der Waals surface area contributed by atoms with Gasteiger partial charge in [0.1, 0.15) is 23.9 Å². The third-order valence-corrected chi connectivity index (χ3v) is 5.17. The van der Waals surface area contributed by atoms with Crippen molar-refractivity contribution in [2.45, 2.75) is 37.3 Å². The summed E-state index contributed by atoms with van der Waals surface area (Å²) in [4.78, 5) is 22.2. The van der Waals surface area contributed by atoms with Crippen LogP contribution in [0.4, 0.5) is 11.8 Å². The maximum Gasteiger partial charge on any atom is 0.227 e. The summed E-state index contributed by atoms with van der Waals surface area (Å²) in [5.41, 5.74) is 1.60. The van der Waals surface area contributed by atoms with Crippen molar-refractivity contribution in [2.75, 3.05) is 22.9 Å². The summed E-state index contributed by atoms with van der Waals surface area (Å²) in [7, 11) is 0. The van der Waals surface area contributed by atoms with Crippen molar-refractivity contribution in [1.82, 2.24) is 19.9 Å². The van der Waals surface area contributed by atoms with E-state index in [0.717, 1.165) is 25.3 Å². The molecule has 2 aromatic rings. The Morgan fingerprint density at radius 1 is 1.12 bits per heavy atom. The summed E-state index contributed by atoms with van der Waals surface area (Å²) in [5.74, 6) is 2.36. The van der Waals surface area contributed by atoms with Gasteiger partial charge >= 0.3 is 0 Å². The molecule has 7 heteroatoms. The summed E-state index contributed by atoms with van der Waals surface area (Å²) in [5, 5.41) is 9.02. The molecule has 2 aromatic heterocycles. The SMILES string of the molecule is N#Cc1ccnc(N2C3CC2CN(c2cc(C4CC4)ncn2)C3)n1. The molecule has 0 N–H and O–H groups in total. The first-order valence-corrected chi connectivity index (χ1v) is 8.40. The van der Waals surface area contributed by atoms with Crippen LogP contribution >= 0.6 is 0 Å². The van der Waals surface area contributed by atoms with Crippen LogP contribution in [0, 0.1) is 11.3 Å². The fourth-order valence-electron chi connectivity index (χ4n) is 3.80. The van der Waals surface area contributed by atoms with Gasteiger partial charge < -0.3 is 9.80 Å². The van der Waals surface area contributed by atoms with Crippen LogP contribution in [0.15, 0.2) is 24.7 Å². The van der Waals surface area contributed by atoms with Crippen molar-refractivity contribution in [3.05, 3.63) is 36.0 Å². The molecule has 7 nitrogen and oxygen atoms in total. The van der Waals surface area contributed by atoms with Gasteiger partial charge in [-0.2, -0.15) is 5.26 Å². The second-order valence-corrected chi connectivity index (χ2v) is 6.78. The van der Waals surface area contributed by atoms with Crippen LogP contribution in [0.2, 0.25) is 0 Å². The topological polar surface area (TPSA) is 81.8 Å². The Kier molecular flexibility index (Phi) is 2.92. The Hall–Kier alpha value is -2.75. The average molecular weight is 319 g/mol. The van der Waals surface area contributed by atoms with Crippen molar-refractivity contribution in [3.8, 4) is 6.07 Å². The van der Waals surface area contributed by atoms with Gasteiger partial charge in [-0.05, 0) is 25.3 Å². The van der Waals surface area contributed by atoms with Crippen LogP contribution < -0.4 is 9.80 Å². The Labute approximate surface area is 140 Å². The van der Waals surface area contributed by atoms with E-state index in [-0.39, 0.29) is 0 Å². The van der Waals surface area contributed by atoms with Crippen LogP contribution in [0.3, 0.4) is 0 Å². The van der Waals surface area contributed by atoms with Crippen LogP contribution in [-0.4, -0.2) is 45.1 Å². The van der Waals surface area contributed by atoms with Gasteiger partial charge in [-0.25, -0.2) is 19.9 Å². The summed E-state index contributed by atoms with van der Waals surface area (Å²) in [6.45, 7) is 1.83. The van der Waals surface area contributed by atoms with Gasteiger partial charge in [-0.15, -0.1) is 0 Å². The maximum atomic E-state index is 9.02. The summed E-state index contributed by atoms with van der Waals surface area (Å²) in [6, 6.07) is 6.66. The molecule has 4 fully saturated rings. The summed E-state index contributed by atoms with van der Waals surface area (Å²) < 4.78 is 0. The molecule has 0 spiro atoms. The van der Waals surface area contributed by atoms with Gasteiger partial charge in [-0.3, -0.25) is 0 Å². The Morgan fingerprint density at radius 2 is 1.96 bits per heavy atom. The molecule has 6 rings (SSSR count). The van der Waals surface area contributed by atoms with Gasteiger partial charge in [0.15, 0.2) is 0 Å². The largest absolute Gasteiger partial charge is 0.352 e. The maximum absolute atomic E-state index is 9.02. The fourth-order valence-corrected chi connectivity index (χ4v) is 3.80. The number of fused-ring (bicyclic) bond motifs is 2. The smallest absolute Gasteiger partial charge is 0.227 e. The molecule has 0 amide bonds. The predicted octanol–water partition coefficient (Wildman–Crippen LogP) is 1.48. The molecule has 5 heterocycles. The van der Waals surface area contributed by atoms with E-state index in [1.54, 1.807) is 18.6 Å². The lowest BCUT2D eigenvalue weighted by molar-refractivity contribution is 0.285. The normalized spacial score (nSPS) is 25.1. The molecule has 2 atom stereocenters. The first-order chi connectivity index (χ1) is 11.8. The van der Waals surface area contributed by atoms with E-state index < -0.39 is 0 Å². The lowest BCUT2D eigenvalue weighted by atomic mass is 9.88. The molecule has 4 aliphatic rings. The van der Waals surface area contributed by atoms with Crippen molar-refractivity contribution >= 4 is 11.8 Å². The molecule has 120 valence electrons. The quantitative estimate of drug-likeness (QED) is 0.847. The zero-order valence-corrected chi connectivity index (χ0v) is 13.2. The molecule has 1 saturated carbocycles. The monoisotopic (exact) mass is 319 g/mol. The lowest BCUT2D eigenvalue weighted by Gasteiger charge is -2.56. The van der Waals surface area contributed by atoms with Crippen LogP contribution in [-0.2, 0) is 0 Å². The van der Waals surface area contributed by atoms with E-state index in [4.69, 9.17) is 5.26 Å². The third-order valence-electron chi connectivity index (χ3n) is 5.17. The van der Waals surface area contributed by atoms with E-state index in [1.165, 1.54) is 18.5 Å². The van der Waals surface area contributed by atoms with Crippen LogP contribution in [0.5, 0.6) is 0 Å². The predicted molar refractivity (Wildman–Crippen MR) is 87.6 cm³/mol. The average Bonchev–Trinajstić information content (AvgIpc) is 3.47. The second-order valence-electron chi connectivity index (χ2n) is 6.78. The van der Waals surface area contributed by atoms with Gasteiger partial charge in [0.05, 0.1) is 12.1 Å². The highest BCUT2D eigenvalue weighted by molar-refractivity contribution is 5.50. The van der Waals surface area contributed by atoms with Crippen molar-refractivity contribution < 1.29 is 0 Å². The van der Waals surface area contributed by atoms with Gasteiger partial charge in [-0.1, -0.05) is 0 Å². The van der Waals surface area contributed by atoms with E-state index in [1.807, 2.05) is 0 Å². The number of rotatable bonds is 3. The zero-order chi connectivity index (χ0) is 16.1. The minimum absolute atomic E-state index is 0.386. The third kappa shape index (κ3) is 2.18. The minimum Gasteiger partial charge on any atom is -0.352 e. The molecule has 2 bridgehead atoms. The first kappa shape index (κ1) is 13.7. The number of hydrogen-bond acceptors (Lipinski definition) is 7. The molecule has 0 radical (unpaired) electrons. The van der Waals surface area contributed by atoms with Gasteiger partial charge in [0.2, 0.25) is 5.95 Å². The number of piperidine rings is 1. The second kappa shape index (κ2) is 5.13. The Balaban J connectivity index is 1.35. The van der Waals surface area contributed by atoms with E-state index in [9.17, 15) is 0 Å². The van der Waals surface area contributed by atoms with Crippen LogP contribution in [0.25, 0.3) is 0 Å². The van der Waals surface area contributed by atoms with Gasteiger partial charge in [0.25, 0.3) is 0 Å². The first-order valence-electron chi connectivity index (χ1n) is 8.40. The highest BCUT2D eigenvalue weighted by atomic mass is 15.4. The Morgan fingerprint density at radius 3 is 2.71 bits per heavy atom. The standard InChI is InChI=1S/C17H17N7/c18-7-12-3-4-19-17(22-12)24-13-5-14(24)9-23(8-13)16-6-15(11-1-2-11)20-10-21-16/h3-4,6,10-11,13-14H,1-2,5,8-9H2. The molecule has 3 aliphatic heterocycles.